The number of urea groups is 1. The van der Waals surface area contributed by atoms with Crippen LogP contribution < -0.4 is 14.4 Å². The molecule has 7 rings (SSSR count). The lowest BCUT2D eigenvalue weighted by Crippen LogP contribution is -2.47. The Labute approximate surface area is 295 Å². The second-order valence-electron chi connectivity index (χ2n) is 14.2. The van der Waals surface area contributed by atoms with Gasteiger partial charge in [-0.25, -0.2) is 9.00 Å². The number of hydrogen-bond donors (Lipinski definition) is 1. The van der Waals surface area contributed by atoms with Crippen LogP contribution in [0.5, 0.6) is 5.75 Å². The molecular formula is C38H46ClN5O4S. The summed E-state index contributed by atoms with van der Waals surface area (Å²) in [6.07, 6.45) is 13.2. The summed E-state index contributed by atoms with van der Waals surface area (Å²) in [5, 5.41) is 0.735. The van der Waals surface area contributed by atoms with E-state index in [0.717, 1.165) is 60.8 Å². The Bertz CT molecular complexity index is 1860. The third-order valence-corrected chi connectivity index (χ3v) is 12.7. The van der Waals surface area contributed by atoms with Gasteiger partial charge in [-0.1, -0.05) is 36.7 Å². The van der Waals surface area contributed by atoms with E-state index in [1.165, 1.54) is 17.5 Å². The van der Waals surface area contributed by atoms with Gasteiger partial charge in [0.15, 0.2) is 0 Å². The highest BCUT2D eigenvalue weighted by Gasteiger charge is 2.33. The number of benzene rings is 2. The number of amides is 3. The number of aromatic nitrogens is 1. The van der Waals surface area contributed by atoms with Crippen LogP contribution >= 0.6 is 11.6 Å². The molecule has 4 aliphatic rings. The van der Waals surface area contributed by atoms with Crippen molar-refractivity contribution in [1.82, 2.24) is 14.2 Å². The SMILES string of the molecule is C[C@H]1C/C=C/C[C@@H]2CC[C@H]2CN2Cc3ccc(Cl)cc3CCCCOc3ccc(cc32)C(=O)N=S(=O)(NC(=O)N2CCn3cccc3C2)C1. The number of nitrogens with zero attached hydrogens (tertiary/aromatic N) is 4. The second kappa shape index (κ2) is 14.6. The minimum atomic E-state index is -3.46. The molecule has 1 N–H and O–H groups in total. The smallest absolute Gasteiger partial charge is 0.330 e. The van der Waals surface area contributed by atoms with E-state index in [1.807, 2.05) is 43.5 Å². The molecule has 1 fully saturated rings. The maximum Gasteiger partial charge on any atom is 0.330 e. The number of carbonyl (C=O) groups is 2. The third kappa shape index (κ3) is 7.86. The Hall–Kier alpha value is -3.76. The van der Waals surface area contributed by atoms with E-state index in [1.54, 1.807) is 11.0 Å². The highest BCUT2D eigenvalue weighted by molar-refractivity contribution is 7.92. The first-order chi connectivity index (χ1) is 23.7. The molecule has 2 bridgehead atoms. The Morgan fingerprint density at radius 2 is 1.86 bits per heavy atom. The van der Waals surface area contributed by atoms with Crippen LogP contribution in [0.4, 0.5) is 10.5 Å². The standard InChI is InChI=1S/C38H46ClN5O4S/c1-27-7-2-3-8-28-11-12-31(28)23-44-24-32-13-15-33(39)21-29(32)9-4-5-20-48-36-16-14-30(22-35(36)44)37(45)40-49(47,26-27)41-38(46)43-19-18-42-17-6-10-34(42)25-43/h2-3,6,10,13-17,21-22,27-28,31H,4-5,7-9,11-12,18-20,23-26H2,1H3,(H,40,41,45,46,47)/b3-2+/t27-,28+,31-,49?/m0/s1. The summed E-state index contributed by atoms with van der Waals surface area (Å²) in [5.74, 6) is 1.21. The highest BCUT2D eigenvalue weighted by Crippen LogP contribution is 2.41. The van der Waals surface area contributed by atoms with Crippen molar-refractivity contribution in [1.29, 1.82) is 0 Å². The zero-order chi connectivity index (χ0) is 34.0. The maximum absolute atomic E-state index is 14.6. The molecule has 1 saturated carbocycles. The first kappa shape index (κ1) is 33.7. The lowest BCUT2D eigenvalue weighted by molar-refractivity contribution is 0.100. The molecule has 2 aromatic carbocycles. The monoisotopic (exact) mass is 703 g/mol. The third-order valence-electron chi connectivity index (χ3n) is 10.5. The van der Waals surface area contributed by atoms with E-state index in [0.29, 0.717) is 56.6 Å². The van der Waals surface area contributed by atoms with Crippen molar-refractivity contribution in [2.45, 2.75) is 71.5 Å². The number of aryl methyl sites for hydroxylation is 1. The number of rotatable bonds is 1. The first-order valence-electron chi connectivity index (χ1n) is 17.7. The van der Waals surface area contributed by atoms with Crippen molar-refractivity contribution in [2.24, 2.45) is 22.1 Å². The predicted molar refractivity (Wildman–Crippen MR) is 194 cm³/mol. The van der Waals surface area contributed by atoms with Crippen LogP contribution in [0.1, 0.15) is 72.6 Å². The van der Waals surface area contributed by atoms with Gasteiger partial charge in [-0.3, -0.25) is 9.52 Å². The van der Waals surface area contributed by atoms with E-state index >= 15 is 0 Å². The molecule has 1 aliphatic carbocycles. The number of anilines is 1. The van der Waals surface area contributed by atoms with E-state index in [9.17, 15) is 13.8 Å². The lowest BCUT2D eigenvalue weighted by atomic mass is 9.71. The van der Waals surface area contributed by atoms with Crippen LogP contribution in [-0.4, -0.2) is 51.1 Å². The van der Waals surface area contributed by atoms with E-state index in [4.69, 9.17) is 16.3 Å². The van der Waals surface area contributed by atoms with Crippen LogP contribution in [-0.2, 0) is 36.0 Å². The molecule has 4 heterocycles. The molecule has 0 radical (unpaired) electrons. The number of halogens is 1. The summed E-state index contributed by atoms with van der Waals surface area (Å²) >= 11 is 6.46. The van der Waals surface area contributed by atoms with Crippen LogP contribution in [0.3, 0.4) is 0 Å². The molecule has 3 aliphatic heterocycles. The van der Waals surface area contributed by atoms with Crippen LogP contribution in [0, 0.1) is 17.8 Å². The fourth-order valence-corrected chi connectivity index (χ4v) is 9.64. The van der Waals surface area contributed by atoms with E-state index in [2.05, 4.69) is 42.8 Å². The molecule has 4 atom stereocenters. The number of hydrogen-bond acceptors (Lipinski definition) is 5. The summed E-state index contributed by atoms with van der Waals surface area (Å²) in [5.41, 5.74) is 4.62. The van der Waals surface area contributed by atoms with Gasteiger partial charge in [-0.15, -0.1) is 4.36 Å². The highest BCUT2D eigenvalue weighted by atomic mass is 35.5. The van der Waals surface area contributed by atoms with Gasteiger partial charge in [0.2, 0.25) is 0 Å². The minimum Gasteiger partial charge on any atom is -0.491 e. The Balaban J connectivity index is 1.26. The minimum absolute atomic E-state index is 0.0610. The largest absolute Gasteiger partial charge is 0.491 e. The summed E-state index contributed by atoms with van der Waals surface area (Å²) < 4.78 is 30.1. The van der Waals surface area contributed by atoms with Gasteiger partial charge in [0.25, 0.3) is 5.91 Å². The average molecular weight is 704 g/mol. The van der Waals surface area contributed by atoms with E-state index < -0.39 is 21.9 Å². The van der Waals surface area contributed by atoms with Crippen LogP contribution in [0.15, 0.2) is 71.2 Å². The number of nitrogens with one attached hydrogen (secondary N) is 1. The van der Waals surface area contributed by atoms with Crippen molar-refractivity contribution < 1.29 is 18.5 Å². The van der Waals surface area contributed by atoms with Gasteiger partial charge in [0, 0.05) is 48.7 Å². The van der Waals surface area contributed by atoms with Crippen LogP contribution in [0.2, 0.25) is 5.02 Å². The number of ether oxygens (including phenoxy) is 1. The van der Waals surface area contributed by atoms with Gasteiger partial charge in [0.05, 0.1) is 24.6 Å². The quantitative estimate of drug-likeness (QED) is 0.263. The second-order valence-corrected chi connectivity index (χ2v) is 16.6. The van der Waals surface area contributed by atoms with Gasteiger partial charge in [-0.05, 0) is 116 Å². The summed E-state index contributed by atoms with van der Waals surface area (Å²) in [7, 11) is -3.46. The number of fused-ring (bicyclic) bond motifs is 4. The molecule has 9 nitrogen and oxygen atoms in total. The van der Waals surface area contributed by atoms with Gasteiger partial charge >= 0.3 is 6.03 Å². The molecular weight excluding hydrogens is 658 g/mol. The van der Waals surface area contributed by atoms with Crippen molar-refractivity contribution in [3.8, 4) is 5.75 Å². The van der Waals surface area contributed by atoms with Crippen molar-refractivity contribution >= 4 is 39.1 Å². The van der Waals surface area contributed by atoms with Crippen molar-refractivity contribution in [3.05, 3.63) is 94.3 Å². The van der Waals surface area contributed by atoms with Gasteiger partial charge in [0.1, 0.15) is 15.7 Å². The summed E-state index contributed by atoms with van der Waals surface area (Å²) in [6, 6.07) is 15.0. The number of carbonyl (C=O) groups excluding carboxylic acids is 2. The molecule has 1 aromatic heterocycles. The topological polar surface area (TPSA) is 96.2 Å². The molecule has 260 valence electrons. The average Bonchev–Trinajstić information content (AvgIpc) is 3.53. The summed E-state index contributed by atoms with van der Waals surface area (Å²) in [6.45, 7) is 5.57. The van der Waals surface area contributed by atoms with Gasteiger partial charge < -0.3 is 19.1 Å². The summed E-state index contributed by atoms with van der Waals surface area (Å²) in [4.78, 5) is 31.5. The predicted octanol–water partition coefficient (Wildman–Crippen LogP) is 7.62. The molecule has 11 heteroatoms. The lowest BCUT2D eigenvalue weighted by Gasteiger charge is -2.41. The van der Waals surface area contributed by atoms with Gasteiger partial charge in [-0.2, -0.15) is 0 Å². The Morgan fingerprint density at radius 1 is 1.00 bits per heavy atom. The zero-order valence-corrected chi connectivity index (χ0v) is 29.8. The van der Waals surface area contributed by atoms with Crippen LogP contribution in [0.25, 0.3) is 0 Å². The zero-order valence-electron chi connectivity index (χ0n) is 28.2. The van der Waals surface area contributed by atoms with Crippen molar-refractivity contribution in [3.63, 3.8) is 0 Å². The first-order valence-corrected chi connectivity index (χ1v) is 19.7. The molecule has 0 spiro atoms. The molecule has 3 aromatic rings. The molecule has 1 unspecified atom stereocenters. The fourth-order valence-electron chi connectivity index (χ4n) is 7.56. The normalized spacial score (nSPS) is 26.7. The van der Waals surface area contributed by atoms with Crippen molar-refractivity contribution in [2.75, 3.05) is 30.3 Å². The molecule has 3 amide bonds. The maximum atomic E-state index is 14.6. The Kier molecular flexibility index (Phi) is 10.1. The number of allylic oxidation sites excluding steroid dienone is 2. The fraction of sp³-hybridized carbons (Fsp3) is 0.474. The van der Waals surface area contributed by atoms with E-state index in [-0.39, 0.29) is 11.7 Å². The Morgan fingerprint density at radius 3 is 2.71 bits per heavy atom. The molecule has 49 heavy (non-hydrogen) atoms. The molecule has 0 saturated heterocycles.